The number of rotatable bonds is 6. The summed E-state index contributed by atoms with van der Waals surface area (Å²) in [6.07, 6.45) is -0.126. The van der Waals surface area contributed by atoms with Crippen molar-refractivity contribution in [3.8, 4) is 0 Å². The van der Waals surface area contributed by atoms with Gasteiger partial charge in [-0.15, -0.1) is 0 Å². The Bertz CT molecular complexity index is 706. The average Bonchev–Trinajstić information content (AvgIpc) is 2.92. The van der Waals surface area contributed by atoms with Crippen molar-refractivity contribution >= 4 is 27.3 Å². The predicted octanol–water partition coefficient (Wildman–Crippen LogP) is 2.41. The molecule has 0 saturated carbocycles. The van der Waals surface area contributed by atoms with Crippen LogP contribution in [0, 0.1) is 0 Å². The van der Waals surface area contributed by atoms with Crippen LogP contribution < -0.4 is 4.72 Å². The molecule has 2 N–H and O–H groups in total. The van der Waals surface area contributed by atoms with Gasteiger partial charge < -0.3 is 5.11 Å². The Morgan fingerprint density at radius 1 is 1.29 bits per heavy atom. The molecule has 0 aliphatic carbocycles. The molecule has 0 amide bonds. The Morgan fingerprint density at radius 2 is 1.95 bits per heavy atom. The molecule has 21 heavy (non-hydrogen) atoms. The summed E-state index contributed by atoms with van der Waals surface area (Å²) in [5.41, 5.74) is 1.47. The van der Waals surface area contributed by atoms with Crippen molar-refractivity contribution in [3.63, 3.8) is 0 Å². The van der Waals surface area contributed by atoms with Crippen LogP contribution in [0.5, 0.6) is 0 Å². The van der Waals surface area contributed by atoms with E-state index in [0.29, 0.717) is 5.56 Å². The number of benzene rings is 1. The molecule has 1 heterocycles. The number of carboxylic acids is 1. The maximum absolute atomic E-state index is 12.2. The van der Waals surface area contributed by atoms with Gasteiger partial charge in [-0.1, -0.05) is 12.1 Å². The summed E-state index contributed by atoms with van der Waals surface area (Å²) in [6, 6.07) is 7.41. The molecule has 0 aliphatic heterocycles. The minimum absolute atomic E-state index is 0.124. The monoisotopic (exact) mass is 325 g/mol. The standard InChI is InChI=1S/C14H15NO4S2/c1-10(12-6-7-20-9-12)15-21(18,19)13-4-2-11(3-5-13)8-14(16)17/h2-7,9-10,15H,8H2,1H3,(H,16,17). The molecule has 1 aromatic carbocycles. The van der Waals surface area contributed by atoms with Gasteiger partial charge in [-0.3, -0.25) is 4.79 Å². The lowest BCUT2D eigenvalue weighted by Crippen LogP contribution is -2.26. The minimum atomic E-state index is -3.62. The van der Waals surface area contributed by atoms with Crippen LogP contribution in [0.3, 0.4) is 0 Å². The van der Waals surface area contributed by atoms with E-state index < -0.39 is 16.0 Å². The second-order valence-electron chi connectivity index (χ2n) is 4.61. The van der Waals surface area contributed by atoms with Crippen molar-refractivity contribution in [2.45, 2.75) is 24.3 Å². The van der Waals surface area contributed by atoms with E-state index in [4.69, 9.17) is 5.11 Å². The predicted molar refractivity (Wildman–Crippen MR) is 80.8 cm³/mol. The summed E-state index contributed by atoms with van der Waals surface area (Å²) in [4.78, 5) is 10.7. The molecule has 1 atom stereocenters. The molecule has 1 aromatic heterocycles. The first-order valence-corrected chi connectivity index (χ1v) is 8.66. The first-order valence-electron chi connectivity index (χ1n) is 6.23. The lowest BCUT2D eigenvalue weighted by Gasteiger charge is -2.13. The third-order valence-electron chi connectivity index (χ3n) is 2.96. The molecule has 0 fully saturated rings. The molecular formula is C14H15NO4S2. The highest BCUT2D eigenvalue weighted by Crippen LogP contribution is 2.19. The first-order chi connectivity index (χ1) is 9.88. The number of thiophene rings is 1. The SMILES string of the molecule is CC(NS(=O)(=O)c1ccc(CC(=O)O)cc1)c1ccsc1. The molecule has 0 radical (unpaired) electrons. The number of sulfonamides is 1. The maximum atomic E-state index is 12.2. The van der Waals surface area contributed by atoms with Crippen LogP contribution in [-0.2, 0) is 21.2 Å². The lowest BCUT2D eigenvalue weighted by atomic mass is 10.2. The van der Waals surface area contributed by atoms with Crippen molar-refractivity contribution in [1.29, 1.82) is 0 Å². The third kappa shape index (κ3) is 4.13. The Labute approximate surface area is 127 Å². The number of carbonyl (C=O) groups is 1. The first kappa shape index (κ1) is 15.7. The maximum Gasteiger partial charge on any atom is 0.307 e. The molecule has 2 rings (SSSR count). The van der Waals surface area contributed by atoms with Gasteiger partial charge in [0.05, 0.1) is 11.3 Å². The summed E-state index contributed by atoms with van der Waals surface area (Å²) in [7, 11) is -3.62. The van der Waals surface area contributed by atoms with Crippen molar-refractivity contribution in [2.24, 2.45) is 0 Å². The summed E-state index contributed by atoms with van der Waals surface area (Å²) >= 11 is 1.51. The van der Waals surface area contributed by atoms with E-state index in [2.05, 4.69) is 4.72 Å². The van der Waals surface area contributed by atoms with Gasteiger partial charge in [-0.2, -0.15) is 11.3 Å². The normalized spacial score (nSPS) is 13.0. The van der Waals surface area contributed by atoms with Gasteiger partial charge in [0.1, 0.15) is 0 Å². The van der Waals surface area contributed by atoms with E-state index in [1.165, 1.54) is 35.6 Å². The van der Waals surface area contributed by atoms with E-state index in [0.717, 1.165) is 5.56 Å². The van der Waals surface area contributed by atoms with Crippen LogP contribution in [0.2, 0.25) is 0 Å². The summed E-state index contributed by atoms with van der Waals surface area (Å²) in [5.74, 6) is -0.949. The molecule has 0 saturated heterocycles. The molecule has 2 aromatic rings. The highest BCUT2D eigenvalue weighted by Gasteiger charge is 2.18. The highest BCUT2D eigenvalue weighted by molar-refractivity contribution is 7.89. The topological polar surface area (TPSA) is 83.5 Å². The van der Waals surface area contributed by atoms with E-state index in [1.807, 2.05) is 16.8 Å². The largest absolute Gasteiger partial charge is 0.481 e. The molecular weight excluding hydrogens is 310 g/mol. The fourth-order valence-corrected chi connectivity index (χ4v) is 3.84. The van der Waals surface area contributed by atoms with Crippen LogP contribution in [0.15, 0.2) is 46.0 Å². The lowest BCUT2D eigenvalue weighted by molar-refractivity contribution is -0.136. The number of hydrogen-bond donors (Lipinski definition) is 2. The van der Waals surface area contributed by atoms with Gasteiger partial charge in [-0.25, -0.2) is 13.1 Å². The van der Waals surface area contributed by atoms with Crippen molar-refractivity contribution in [2.75, 3.05) is 0 Å². The van der Waals surface area contributed by atoms with Crippen LogP contribution in [0.4, 0.5) is 0 Å². The fourth-order valence-electron chi connectivity index (χ4n) is 1.85. The zero-order chi connectivity index (χ0) is 15.5. The number of hydrogen-bond acceptors (Lipinski definition) is 4. The number of carboxylic acid groups (broad SMARTS) is 1. The Balaban J connectivity index is 2.14. The van der Waals surface area contributed by atoms with Gasteiger partial charge in [0.15, 0.2) is 0 Å². The van der Waals surface area contributed by atoms with E-state index in [9.17, 15) is 13.2 Å². The zero-order valence-electron chi connectivity index (χ0n) is 11.3. The van der Waals surface area contributed by atoms with E-state index in [1.54, 1.807) is 6.92 Å². The Kier molecular flexibility index (Phi) is 4.76. The molecule has 112 valence electrons. The zero-order valence-corrected chi connectivity index (χ0v) is 12.9. The smallest absolute Gasteiger partial charge is 0.307 e. The van der Waals surface area contributed by atoms with E-state index in [-0.39, 0.29) is 17.4 Å². The summed E-state index contributed by atoms with van der Waals surface area (Å²) in [6.45, 7) is 1.78. The fraction of sp³-hybridized carbons (Fsp3) is 0.214. The van der Waals surface area contributed by atoms with Crippen molar-refractivity contribution in [3.05, 3.63) is 52.2 Å². The molecule has 0 aliphatic rings. The average molecular weight is 325 g/mol. The number of nitrogens with one attached hydrogen (secondary N) is 1. The van der Waals surface area contributed by atoms with Gasteiger partial charge in [0.25, 0.3) is 0 Å². The molecule has 5 nitrogen and oxygen atoms in total. The van der Waals surface area contributed by atoms with Crippen molar-refractivity contribution in [1.82, 2.24) is 4.72 Å². The van der Waals surface area contributed by atoms with Gasteiger partial charge in [-0.05, 0) is 47.0 Å². The highest BCUT2D eigenvalue weighted by atomic mass is 32.2. The second-order valence-corrected chi connectivity index (χ2v) is 7.11. The van der Waals surface area contributed by atoms with Gasteiger partial charge in [0, 0.05) is 6.04 Å². The number of aliphatic carboxylic acids is 1. The van der Waals surface area contributed by atoms with Crippen LogP contribution in [-0.4, -0.2) is 19.5 Å². The van der Waals surface area contributed by atoms with E-state index >= 15 is 0 Å². The second kappa shape index (κ2) is 6.38. The summed E-state index contributed by atoms with van der Waals surface area (Å²) < 4.78 is 27.1. The van der Waals surface area contributed by atoms with Crippen LogP contribution >= 0.6 is 11.3 Å². The summed E-state index contributed by atoms with van der Waals surface area (Å²) in [5, 5.41) is 12.5. The van der Waals surface area contributed by atoms with Crippen molar-refractivity contribution < 1.29 is 18.3 Å². The molecule has 0 spiro atoms. The Hall–Kier alpha value is -1.70. The molecule has 7 heteroatoms. The van der Waals surface area contributed by atoms with Crippen LogP contribution in [0.1, 0.15) is 24.1 Å². The van der Waals surface area contributed by atoms with Gasteiger partial charge in [0.2, 0.25) is 10.0 Å². The van der Waals surface area contributed by atoms with Crippen LogP contribution in [0.25, 0.3) is 0 Å². The molecule has 1 unspecified atom stereocenters. The minimum Gasteiger partial charge on any atom is -0.481 e. The quantitative estimate of drug-likeness (QED) is 0.854. The Morgan fingerprint density at radius 3 is 2.48 bits per heavy atom. The molecule has 0 bridgehead atoms. The van der Waals surface area contributed by atoms with Gasteiger partial charge >= 0.3 is 5.97 Å². The third-order valence-corrected chi connectivity index (χ3v) is 5.22.